The Balaban J connectivity index is 1.64. The van der Waals surface area contributed by atoms with E-state index in [4.69, 9.17) is 0 Å². The molecule has 160 valence electrons. The molecule has 2 N–H and O–H groups in total. The van der Waals surface area contributed by atoms with Crippen molar-refractivity contribution in [3.63, 3.8) is 0 Å². The van der Waals surface area contributed by atoms with Crippen molar-refractivity contribution in [2.45, 2.75) is 58.1 Å². The van der Waals surface area contributed by atoms with Crippen LogP contribution in [0, 0.1) is 28.6 Å². The molecule has 1 amide bonds. The summed E-state index contributed by atoms with van der Waals surface area (Å²) in [6, 6.07) is 7.45. The first kappa shape index (κ1) is 19.9. The first-order chi connectivity index (χ1) is 14.3. The predicted molar refractivity (Wildman–Crippen MR) is 118 cm³/mol. The highest BCUT2D eigenvalue weighted by molar-refractivity contribution is 5.89. The standard InChI is InChI=1S/C26H33NO3/c1-25-12-10-20-18(19(25)8-9-22(25)29)15-17(14-16-6-4-5-7-21(16)28)24-26(20,2)13-11-23(30)27(24)3/h4-7,11,13-14,18-20,22,24,28-29H,8-10,12,15H2,1-3H3/b17-14+/t18-,19-,20-,22-,24+,25-,26+/m0/s1. The van der Waals surface area contributed by atoms with Gasteiger partial charge in [0.25, 0.3) is 0 Å². The first-order valence-electron chi connectivity index (χ1n) is 11.4. The van der Waals surface area contributed by atoms with Crippen molar-refractivity contribution in [2.24, 2.45) is 28.6 Å². The highest BCUT2D eigenvalue weighted by Crippen LogP contribution is 2.64. The van der Waals surface area contributed by atoms with Crippen LogP contribution in [0.1, 0.15) is 51.5 Å². The summed E-state index contributed by atoms with van der Waals surface area (Å²) >= 11 is 0. The number of amides is 1. The van der Waals surface area contributed by atoms with Crippen LogP contribution in [0.5, 0.6) is 5.75 Å². The van der Waals surface area contributed by atoms with E-state index in [0.717, 1.165) is 37.7 Å². The lowest BCUT2D eigenvalue weighted by Crippen LogP contribution is -2.60. The summed E-state index contributed by atoms with van der Waals surface area (Å²) in [6.45, 7) is 4.61. The quantitative estimate of drug-likeness (QED) is 0.726. The van der Waals surface area contributed by atoms with E-state index in [-0.39, 0.29) is 34.6 Å². The molecule has 3 saturated carbocycles. The van der Waals surface area contributed by atoms with Crippen molar-refractivity contribution >= 4 is 12.0 Å². The van der Waals surface area contributed by atoms with Gasteiger partial charge in [-0.1, -0.05) is 38.1 Å². The summed E-state index contributed by atoms with van der Waals surface area (Å²) in [5, 5.41) is 21.2. The second kappa shape index (κ2) is 6.71. The normalized spacial score (nSPS) is 44.0. The molecular weight excluding hydrogens is 374 g/mol. The number of fused-ring (bicyclic) bond motifs is 5. The van der Waals surface area contributed by atoms with Gasteiger partial charge in [0.15, 0.2) is 0 Å². The van der Waals surface area contributed by atoms with Gasteiger partial charge in [-0.25, -0.2) is 0 Å². The molecule has 5 rings (SSSR count). The number of likely N-dealkylation sites (N-methyl/N-ethyl adjacent to an activating group) is 1. The van der Waals surface area contributed by atoms with Crippen LogP contribution in [-0.2, 0) is 4.79 Å². The molecule has 4 nitrogen and oxygen atoms in total. The van der Waals surface area contributed by atoms with Gasteiger partial charge in [-0.15, -0.1) is 0 Å². The lowest BCUT2D eigenvalue weighted by atomic mass is 9.47. The number of phenolic OH excluding ortho intramolecular Hbond substituents is 1. The Labute approximate surface area is 179 Å². The van der Waals surface area contributed by atoms with Gasteiger partial charge in [-0.2, -0.15) is 0 Å². The number of aromatic hydroxyl groups is 1. The van der Waals surface area contributed by atoms with Gasteiger partial charge >= 0.3 is 0 Å². The zero-order valence-corrected chi connectivity index (χ0v) is 18.2. The van der Waals surface area contributed by atoms with E-state index in [1.165, 1.54) is 5.57 Å². The molecule has 0 unspecified atom stereocenters. The molecule has 7 atom stereocenters. The number of hydrogen-bond acceptors (Lipinski definition) is 3. The highest BCUT2D eigenvalue weighted by Gasteiger charge is 2.61. The Morgan fingerprint density at radius 3 is 2.67 bits per heavy atom. The van der Waals surface area contributed by atoms with Gasteiger partial charge < -0.3 is 15.1 Å². The number of carbonyl (C=O) groups is 1. The number of rotatable bonds is 1. The largest absolute Gasteiger partial charge is 0.507 e. The summed E-state index contributed by atoms with van der Waals surface area (Å²) in [4.78, 5) is 14.5. The fourth-order valence-corrected chi connectivity index (χ4v) is 7.63. The fraction of sp³-hybridized carbons (Fsp3) is 0.577. The smallest absolute Gasteiger partial charge is 0.246 e. The number of para-hydroxylation sites is 1. The van der Waals surface area contributed by atoms with Crippen LogP contribution in [0.15, 0.2) is 42.0 Å². The lowest BCUT2D eigenvalue weighted by Gasteiger charge is -2.60. The maximum atomic E-state index is 12.6. The van der Waals surface area contributed by atoms with Gasteiger partial charge in [-0.3, -0.25) is 4.79 Å². The van der Waals surface area contributed by atoms with E-state index in [1.54, 1.807) is 12.1 Å². The molecule has 0 saturated heterocycles. The molecule has 0 radical (unpaired) electrons. The van der Waals surface area contributed by atoms with Crippen LogP contribution in [-0.4, -0.2) is 40.2 Å². The summed E-state index contributed by atoms with van der Waals surface area (Å²) in [6.07, 6.45) is 10.9. The molecule has 4 aliphatic rings. The van der Waals surface area contributed by atoms with Crippen LogP contribution in [0.2, 0.25) is 0 Å². The number of aliphatic hydroxyl groups is 1. The van der Waals surface area contributed by atoms with E-state index < -0.39 is 0 Å². The molecular formula is C26H33NO3. The zero-order chi connectivity index (χ0) is 21.3. The third-order valence-electron chi connectivity index (χ3n) is 9.20. The second-order valence-corrected chi connectivity index (χ2v) is 10.5. The predicted octanol–water partition coefficient (Wildman–Crippen LogP) is 4.39. The molecule has 0 spiro atoms. The van der Waals surface area contributed by atoms with Gasteiger partial charge in [0.1, 0.15) is 5.75 Å². The van der Waals surface area contributed by atoms with Gasteiger partial charge in [-0.05, 0) is 79.1 Å². The topological polar surface area (TPSA) is 60.8 Å². The van der Waals surface area contributed by atoms with Crippen LogP contribution >= 0.6 is 0 Å². The summed E-state index contributed by atoms with van der Waals surface area (Å²) < 4.78 is 0. The van der Waals surface area contributed by atoms with Crippen LogP contribution < -0.4 is 0 Å². The Kier molecular flexibility index (Phi) is 4.45. The number of carbonyl (C=O) groups excluding carboxylic acids is 1. The van der Waals surface area contributed by atoms with E-state index in [1.807, 2.05) is 30.1 Å². The number of nitrogens with zero attached hydrogens (tertiary/aromatic N) is 1. The van der Waals surface area contributed by atoms with E-state index in [0.29, 0.717) is 17.8 Å². The summed E-state index contributed by atoms with van der Waals surface area (Å²) in [5.41, 5.74) is 1.92. The molecule has 0 aromatic heterocycles. The fourth-order valence-electron chi connectivity index (χ4n) is 7.63. The molecule has 1 heterocycles. The molecule has 1 aromatic rings. The van der Waals surface area contributed by atoms with Crippen molar-refractivity contribution in [1.29, 1.82) is 0 Å². The van der Waals surface area contributed by atoms with Crippen molar-refractivity contribution in [1.82, 2.24) is 4.90 Å². The van der Waals surface area contributed by atoms with Crippen molar-refractivity contribution in [3.8, 4) is 5.75 Å². The molecule has 30 heavy (non-hydrogen) atoms. The van der Waals surface area contributed by atoms with Crippen molar-refractivity contribution in [3.05, 3.63) is 47.6 Å². The number of aliphatic hydroxyl groups excluding tert-OH is 1. The van der Waals surface area contributed by atoms with Crippen molar-refractivity contribution < 1.29 is 15.0 Å². The second-order valence-electron chi connectivity index (χ2n) is 10.5. The Bertz CT molecular complexity index is 936. The number of phenols is 1. The monoisotopic (exact) mass is 407 g/mol. The third-order valence-corrected chi connectivity index (χ3v) is 9.20. The molecule has 3 fully saturated rings. The average molecular weight is 408 g/mol. The maximum absolute atomic E-state index is 12.6. The Morgan fingerprint density at radius 2 is 1.90 bits per heavy atom. The maximum Gasteiger partial charge on any atom is 0.246 e. The number of hydrogen-bond donors (Lipinski definition) is 2. The summed E-state index contributed by atoms with van der Waals surface area (Å²) in [5.74, 6) is 1.83. The Hall–Kier alpha value is -2.07. The van der Waals surface area contributed by atoms with Gasteiger partial charge in [0.2, 0.25) is 5.91 Å². The van der Waals surface area contributed by atoms with Crippen LogP contribution in [0.4, 0.5) is 0 Å². The average Bonchev–Trinajstić information content (AvgIpc) is 3.02. The van der Waals surface area contributed by atoms with Gasteiger partial charge in [0, 0.05) is 18.0 Å². The first-order valence-corrected chi connectivity index (χ1v) is 11.4. The Morgan fingerprint density at radius 1 is 1.13 bits per heavy atom. The number of benzene rings is 1. The van der Waals surface area contributed by atoms with E-state index in [9.17, 15) is 15.0 Å². The molecule has 1 aromatic carbocycles. The minimum Gasteiger partial charge on any atom is -0.507 e. The minimum atomic E-state index is -0.203. The van der Waals surface area contributed by atoms with E-state index >= 15 is 0 Å². The molecule has 1 aliphatic heterocycles. The highest BCUT2D eigenvalue weighted by atomic mass is 16.3. The zero-order valence-electron chi connectivity index (χ0n) is 18.2. The minimum absolute atomic E-state index is 0.00443. The van der Waals surface area contributed by atoms with Crippen LogP contribution in [0.3, 0.4) is 0 Å². The third kappa shape index (κ3) is 2.65. The lowest BCUT2D eigenvalue weighted by molar-refractivity contribution is -0.135. The summed E-state index contributed by atoms with van der Waals surface area (Å²) in [7, 11) is 1.92. The molecule has 3 aliphatic carbocycles. The molecule has 0 bridgehead atoms. The SMILES string of the molecule is CN1C(=O)C=C[C@]2(C)[C@H]3CC[C@]4(C)[C@@H](O)CC[C@H]4[C@@H]3C/C(=C\c3ccccc3O)[C@@H]12. The van der Waals surface area contributed by atoms with Crippen molar-refractivity contribution in [2.75, 3.05) is 7.05 Å². The molecule has 4 heteroatoms. The van der Waals surface area contributed by atoms with Gasteiger partial charge in [0.05, 0.1) is 12.1 Å². The van der Waals surface area contributed by atoms with E-state index in [2.05, 4.69) is 26.0 Å². The van der Waals surface area contributed by atoms with Crippen LogP contribution in [0.25, 0.3) is 6.08 Å².